The predicted molar refractivity (Wildman–Crippen MR) is 125 cm³/mol. The zero-order valence-electron chi connectivity index (χ0n) is 18.3. The summed E-state index contributed by atoms with van der Waals surface area (Å²) in [5, 5.41) is 5.80. The molecule has 4 rings (SSSR count). The van der Waals surface area contributed by atoms with Crippen LogP contribution < -0.4 is 10.6 Å². The highest BCUT2D eigenvalue weighted by Crippen LogP contribution is 2.21. The zero-order valence-corrected chi connectivity index (χ0v) is 18.3. The van der Waals surface area contributed by atoms with E-state index < -0.39 is 6.04 Å². The van der Waals surface area contributed by atoms with Gasteiger partial charge >= 0.3 is 0 Å². The molecule has 1 fully saturated rings. The standard InChI is InChI=1S/C26H28N4O2/c1-19-6-5-13-27-23(19)17-29-25(31)16-24-26(32)28-14-15-30(24)18-20-9-11-22(12-10-20)21-7-3-2-4-8-21/h2-13,24H,14-18H2,1H3,(H,28,32)(H,29,31)/t24-/m1/s1. The Hall–Kier alpha value is -3.51. The molecule has 3 aromatic rings. The monoisotopic (exact) mass is 428 g/mol. The molecule has 0 radical (unpaired) electrons. The highest BCUT2D eigenvalue weighted by molar-refractivity contribution is 5.88. The third-order valence-electron chi connectivity index (χ3n) is 5.84. The smallest absolute Gasteiger partial charge is 0.237 e. The Labute approximate surface area is 188 Å². The number of pyridine rings is 1. The third kappa shape index (κ3) is 5.39. The molecular formula is C26H28N4O2. The molecule has 0 saturated carbocycles. The summed E-state index contributed by atoms with van der Waals surface area (Å²) in [5.74, 6) is -0.247. The molecule has 1 aromatic heterocycles. The van der Waals surface area contributed by atoms with Gasteiger partial charge in [-0.05, 0) is 35.2 Å². The van der Waals surface area contributed by atoms with Crippen molar-refractivity contribution >= 4 is 11.8 Å². The van der Waals surface area contributed by atoms with E-state index in [1.165, 1.54) is 5.56 Å². The van der Waals surface area contributed by atoms with Crippen LogP contribution in [0, 0.1) is 6.92 Å². The van der Waals surface area contributed by atoms with Gasteiger partial charge in [0.15, 0.2) is 0 Å². The van der Waals surface area contributed by atoms with E-state index in [1.807, 2.05) is 37.3 Å². The van der Waals surface area contributed by atoms with Crippen molar-refractivity contribution < 1.29 is 9.59 Å². The number of aromatic nitrogens is 1. The topological polar surface area (TPSA) is 74.3 Å². The largest absolute Gasteiger partial charge is 0.353 e. The highest BCUT2D eigenvalue weighted by atomic mass is 16.2. The first kappa shape index (κ1) is 21.7. The fraction of sp³-hybridized carbons (Fsp3) is 0.269. The van der Waals surface area contributed by atoms with Crippen molar-refractivity contribution in [2.75, 3.05) is 13.1 Å². The maximum atomic E-state index is 12.6. The van der Waals surface area contributed by atoms with E-state index in [2.05, 4.69) is 56.9 Å². The summed E-state index contributed by atoms with van der Waals surface area (Å²) < 4.78 is 0. The van der Waals surface area contributed by atoms with Crippen molar-refractivity contribution in [2.45, 2.75) is 32.5 Å². The lowest BCUT2D eigenvalue weighted by atomic mass is 10.0. The van der Waals surface area contributed by atoms with E-state index in [9.17, 15) is 9.59 Å². The number of benzene rings is 2. The van der Waals surface area contributed by atoms with E-state index >= 15 is 0 Å². The predicted octanol–water partition coefficient (Wildman–Crippen LogP) is 3.06. The molecule has 6 heteroatoms. The molecule has 32 heavy (non-hydrogen) atoms. The average Bonchev–Trinajstić information content (AvgIpc) is 2.82. The molecule has 1 saturated heterocycles. The molecule has 1 aliphatic heterocycles. The number of aryl methyl sites for hydroxylation is 1. The second kappa shape index (κ2) is 10.2. The number of nitrogens with zero attached hydrogens (tertiary/aromatic N) is 2. The van der Waals surface area contributed by atoms with Gasteiger partial charge in [0.1, 0.15) is 0 Å². The van der Waals surface area contributed by atoms with Gasteiger partial charge in [0, 0.05) is 25.8 Å². The lowest BCUT2D eigenvalue weighted by Crippen LogP contribution is -2.56. The van der Waals surface area contributed by atoms with E-state index in [4.69, 9.17) is 0 Å². The van der Waals surface area contributed by atoms with Crippen molar-refractivity contribution in [2.24, 2.45) is 0 Å². The summed E-state index contributed by atoms with van der Waals surface area (Å²) in [4.78, 5) is 31.5. The number of rotatable bonds is 7. The summed E-state index contributed by atoms with van der Waals surface area (Å²) in [6.07, 6.45) is 1.84. The van der Waals surface area contributed by atoms with Crippen LogP contribution in [0.4, 0.5) is 0 Å². The van der Waals surface area contributed by atoms with Crippen molar-refractivity contribution in [3.63, 3.8) is 0 Å². The van der Waals surface area contributed by atoms with Gasteiger partial charge in [-0.2, -0.15) is 0 Å². The third-order valence-corrected chi connectivity index (χ3v) is 5.84. The van der Waals surface area contributed by atoms with Gasteiger partial charge in [0.2, 0.25) is 11.8 Å². The molecule has 164 valence electrons. The van der Waals surface area contributed by atoms with Crippen LogP contribution in [0.25, 0.3) is 11.1 Å². The lowest BCUT2D eigenvalue weighted by Gasteiger charge is -2.34. The molecule has 0 spiro atoms. The Balaban J connectivity index is 1.38. The minimum Gasteiger partial charge on any atom is -0.353 e. The van der Waals surface area contributed by atoms with Crippen LogP contribution in [0.5, 0.6) is 0 Å². The quantitative estimate of drug-likeness (QED) is 0.607. The Morgan fingerprint density at radius 3 is 2.56 bits per heavy atom. The van der Waals surface area contributed by atoms with Gasteiger partial charge in [-0.3, -0.25) is 19.5 Å². The summed E-state index contributed by atoms with van der Waals surface area (Å²) in [6, 6.07) is 22.0. The van der Waals surface area contributed by atoms with Crippen LogP contribution in [0.2, 0.25) is 0 Å². The number of piperazine rings is 1. The molecule has 1 atom stereocenters. The van der Waals surface area contributed by atoms with Gasteiger partial charge < -0.3 is 10.6 Å². The maximum Gasteiger partial charge on any atom is 0.237 e. The second-order valence-electron chi connectivity index (χ2n) is 8.09. The normalized spacial score (nSPS) is 16.4. The molecule has 0 aliphatic carbocycles. The van der Waals surface area contributed by atoms with E-state index in [1.54, 1.807) is 6.20 Å². The zero-order chi connectivity index (χ0) is 22.3. The average molecular weight is 429 g/mol. The molecule has 2 aromatic carbocycles. The Morgan fingerprint density at radius 1 is 1.06 bits per heavy atom. The summed E-state index contributed by atoms with van der Waals surface area (Å²) >= 11 is 0. The van der Waals surface area contributed by atoms with E-state index in [0.29, 0.717) is 26.2 Å². The Kier molecular flexibility index (Phi) is 6.92. The molecule has 2 amide bonds. The van der Waals surface area contributed by atoms with Gasteiger partial charge in [-0.25, -0.2) is 0 Å². The van der Waals surface area contributed by atoms with Crippen molar-refractivity contribution in [1.82, 2.24) is 20.5 Å². The number of amides is 2. The first-order chi connectivity index (χ1) is 15.6. The molecule has 0 unspecified atom stereocenters. The molecule has 2 heterocycles. The number of hydrogen-bond acceptors (Lipinski definition) is 4. The number of nitrogens with one attached hydrogen (secondary N) is 2. The second-order valence-corrected chi connectivity index (χ2v) is 8.09. The number of carbonyl (C=O) groups excluding carboxylic acids is 2. The van der Waals surface area contributed by atoms with Crippen molar-refractivity contribution in [1.29, 1.82) is 0 Å². The molecule has 1 aliphatic rings. The van der Waals surface area contributed by atoms with Crippen molar-refractivity contribution in [3.05, 3.63) is 89.7 Å². The first-order valence-electron chi connectivity index (χ1n) is 10.9. The first-order valence-corrected chi connectivity index (χ1v) is 10.9. The fourth-order valence-corrected chi connectivity index (χ4v) is 3.97. The molecule has 6 nitrogen and oxygen atoms in total. The maximum absolute atomic E-state index is 12.6. The number of carbonyl (C=O) groups is 2. The van der Waals surface area contributed by atoms with Gasteiger partial charge in [0.05, 0.1) is 24.7 Å². The van der Waals surface area contributed by atoms with Crippen LogP contribution in [-0.4, -0.2) is 40.8 Å². The molecule has 0 bridgehead atoms. The lowest BCUT2D eigenvalue weighted by molar-refractivity contribution is -0.134. The van der Waals surface area contributed by atoms with Crippen LogP contribution in [-0.2, 0) is 22.7 Å². The van der Waals surface area contributed by atoms with E-state index in [0.717, 1.165) is 22.4 Å². The van der Waals surface area contributed by atoms with Gasteiger partial charge in [0.25, 0.3) is 0 Å². The molecular weight excluding hydrogens is 400 g/mol. The van der Waals surface area contributed by atoms with Gasteiger partial charge in [-0.15, -0.1) is 0 Å². The van der Waals surface area contributed by atoms with E-state index in [-0.39, 0.29) is 18.2 Å². The summed E-state index contributed by atoms with van der Waals surface area (Å²) in [5.41, 5.74) is 5.32. The Bertz CT molecular complexity index is 1070. The summed E-state index contributed by atoms with van der Waals surface area (Å²) in [6.45, 7) is 4.25. The minimum absolute atomic E-state index is 0.0960. The van der Waals surface area contributed by atoms with Crippen LogP contribution in [0.3, 0.4) is 0 Å². The van der Waals surface area contributed by atoms with Crippen LogP contribution in [0.1, 0.15) is 23.2 Å². The van der Waals surface area contributed by atoms with Crippen molar-refractivity contribution in [3.8, 4) is 11.1 Å². The Morgan fingerprint density at radius 2 is 1.81 bits per heavy atom. The highest BCUT2D eigenvalue weighted by Gasteiger charge is 2.31. The fourth-order valence-electron chi connectivity index (χ4n) is 3.97. The number of hydrogen-bond donors (Lipinski definition) is 2. The van der Waals surface area contributed by atoms with Crippen LogP contribution in [0.15, 0.2) is 72.9 Å². The van der Waals surface area contributed by atoms with Crippen LogP contribution >= 0.6 is 0 Å². The molecule has 2 N–H and O–H groups in total. The summed E-state index contributed by atoms with van der Waals surface area (Å²) in [7, 11) is 0. The van der Waals surface area contributed by atoms with Gasteiger partial charge in [-0.1, -0.05) is 60.7 Å². The SMILES string of the molecule is Cc1cccnc1CNC(=O)C[C@@H]1C(=O)NCCN1Cc1ccc(-c2ccccc2)cc1. The minimum atomic E-state index is -0.484.